The minimum Gasteiger partial charge on any atom is -0.497 e. The Hall–Kier alpha value is -3.61. The molecular weight excluding hydrogens is 532 g/mol. The number of primary amides is 2. The van der Waals surface area contributed by atoms with Crippen LogP contribution < -0.4 is 21.5 Å². The van der Waals surface area contributed by atoms with Gasteiger partial charge in [-0.3, -0.25) is 9.69 Å². The number of hydrogen-bond acceptors (Lipinski definition) is 9. The molecule has 2 bridgehead atoms. The third kappa shape index (κ3) is 10.4. The monoisotopic (exact) mass is 576 g/mol. The van der Waals surface area contributed by atoms with E-state index in [1.807, 2.05) is 32.2 Å². The van der Waals surface area contributed by atoms with Crippen LogP contribution in [0.1, 0.15) is 39.2 Å². The van der Waals surface area contributed by atoms with Gasteiger partial charge in [-0.25, -0.2) is 9.59 Å². The molecule has 12 heteroatoms. The van der Waals surface area contributed by atoms with E-state index < -0.39 is 24.4 Å². The molecule has 3 amide bonds. The van der Waals surface area contributed by atoms with Crippen LogP contribution in [0.2, 0.25) is 0 Å². The molecule has 0 spiro atoms. The molecule has 1 heterocycles. The highest BCUT2D eigenvalue weighted by molar-refractivity contribution is 6.03. The number of methoxy groups -OCH3 is 3. The molecule has 5 unspecified atom stereocenters. The van der Waals surface area contributed by atoms with Crippen molar-refractivity contribution in [3.63, 3.8) is 0 Å². The summed E-state index contributed by atoms with van der Waals surface area (Å²) in [5.74, 6) is 0.0963. The van der Waals surface area contributed by atoms with Gasteiger partial charge in [-0.15, -0.1) is 0 Å². The predicted molar refractivity (Wildman–Crippen MR) is 154 cm³/mol. The SMILES string of the molecule is COc1cc2cc(c1)NC(=O)/C(C)=C\CCC(OC(N)=O)C(OC(N)=O)/C(C)=C/C(C)C(OC)C(OC)CN(C)C2. The van der Waals surface area contributed by atoms with Crippen LogP contribution in [0.15, 0.2) is 41.5 Å². The molecule has 1 aromatic carbocycles. The summed E-state index contributed by atoms with van der Waals surface area (Å²) in [6.45, 7) is 6.45. The Bertz CT molecular complexity index is 1120. The average molecular weight is 577 g/mol. The quantitative estimate of drug-likeness (QED) is 0.446. The molecule has 0 saturated carbocycles. The molecule has 0 radical (unpaired) electrons. The van der Waals surface area contributed by atoms with Gasteiger partial charge in [0, 0.05) is 50.6 Å². The van der Waals surface area contributed by atoms with Crippen LogP contribution >= 0.6 is 0 Å². The zero-order chi connectivity index (χ0) is 30.7. The van der Waals surface area contributed by atoms with Crippen LogP contribution in [0.3, 0.4) is 0 Å². The molecule has 1 aliphatic rings. The van der Waals surface area contributed by atoms with Crippen molar-refractivity contribution in [3.8, 4) is 5.75 Å². The zero-order valence-electron chi connectivity index (χ0n) is 25.0. The maximum absolute atomic E-state index is 13.0. The number of rotatable bonds is 5. The summed E-state index contributed by atoms with van der Waals surface area (Å²) in [7, 11) is 6.75. The average Bonchev–Trinajstić information content (AvgIpc) is 2.89. The van der Waals surface area contributed by atoms with Gasteiger partial charge in [-0.05, 0) is 57.0 Å². The summed E-state index contributed by atoms with van der Waals surface area (Å²) in [6, 6.07) is 5.55. The van der Waals surface area contributed by atoms with Gasteiger partial charge in [0.05, 0.1) is 19.3 Å². The second-order valence-electron chi connectivity index (χ2n) is 10.3. The number of carbonyl (C=O) groups excluding carboxylic acids is 3. The number of benzene rings is 1. The second kappa shape index (κ2) is 16.0. The van der Waals surface area contributed by atoms with Crippen LogP contribution in [0.5, 0.6) is 5.75 Å². The van der Waals surface area contributed by atoms with E-state index in [1.54, 1.807) is 47.3 Å². The molecule has 228 valence electrons. The maximum Gasteiger partial charge on any atom is 0.405 e. The number of nitrogens with one attached hydrogen (secondary N) is 1. The van der Waals surface area contributed by atoms with E-state index in [1.165, 1.54) is 0 Å². The summed E-state index contributed by atoms with van der Waals surface area (Å²) in [5.41, 5.74) is 13.3. The Morgan fingerprint density at radius 3 is 2.27 bits per heavy atom. The number of anilines is 1. The van der Waals surface area contributed by atoms with E-state index in [9.17, 15) is 14.4 Å². The smallest absolute Gasteiger partial charge is 0.405 e. The molecule has 1 aromatic rings. The molecule has 41 heavy (non-hydrogen) atoms. The van der Waals surface area contributed by atoms with Gasteiger partial charge in [0.1, 0.15) is 11.9 Å². The summed E-state index contributed by atoms with van der Waals surface area (Å²) in [4.78, 5) is 38.7. The minimum atomic E-state index is -1.03. The largest absolute Gasteiger partial charge is 0.497 e. The van der Waals surface area contributed by atoms with Crippen LogP contribution in [0.4, 0.5) is 15.3 Å². The number of likely N-dealkylation sites (N-methyl/N-ethyl adjacent to an activating group) is 1. The first-order valence-corrected chi connectivity index (χ1v) is 13.4. The second-order valence-corrected chi connectivity index (χ2v) is 10.3. The van der Waals surface area contributed by atoms with Gasteiger partial charge in [0.15, 0.2) is 6.10 Å². The molecule has 5 atom stereocenters. The Morgan fingerprint density at radius 2 is 1.68 bits per heavy atom. The van der Waals surface area contributed by atoms with Crippen LogP contribution in [-0.4, -0.2) is 82.3 Å². The summed E-state index contributed by atoms with van der Waals surface area (Å²) >= 11 is 0. The van der Waals surface area contributed by atoms with E-state index in [0.717, 1.165) is 5.56 Å². The van der Waals surface area contributed by atoms with E-state index in [-0.39, 0.29) is 30.5 Å². The molecule has 12 nitrogen and oxygen atoms in total. The number of carbonyl (C=O) groups is 3. The summed E-state index contributed by atoms with van der Waals surface area (Å²) < 4.78 is 27.9. The number of amides is 3. The first-order chi connectivity index (χ1) is 19.4. The van der Waals surface area contributed by atoms with Crippen molar-refractivity contribution >= 4 is 23.8 Å². The first kappa shape index (κ1) is 33.6. The highest BCUT2D eigenvalue weighted by atomic mass is 16.6. The Labute approximate surface area is 241 Å². The third-order valence-electron chi connectivity index (χ3n) is 6.95. The van der Waals surface area contributed by atoms with Crippen molar-refractivity contribution in [1.82, 2.24) is 4.90 Å². The Morgan fingerprint density at radius 1 is 1.00 bits per heavy atom. The number of ether oxygens (including phenoxy) is 5. The fraction of sp³-hybridized carbons (Fsp3) is 0.552. The lowest BCUT2D eigenvalue weighted by Gasteiger charge is -2.32. The van der Waals surface area contributed by atoms with Gasteiger partial charge >= 0.3 is 12.2 Å². The molecule has 0 aromatic heterocycles. The Balaban J connectivity index is 2.58. The third-order valence-corrected chi connectivity index (χ3v) is 6.95. The number of hydrogen-bond donors (Lipinski definition) is 3. The van der Waals surface area contributed by atoms with E-state index in [4.69, 9.17) is 35.2 Å². The van der Waals surface area contributed by atoms with Crippen molar-refractivity contribution in [2.75, 3.05) is 40.2 Å². The van der Waals surface area contributed by atoms with E-state index in [0.29, 0.717) is 42.1 Å². The van der Waals surface area contributed by atoms with Gasteiger partial charge in [-0.2, -0.15) is 0 Å². The highest BCUT2D eigenvalue weighted by Crippen LogP contribution is 2.26. The number of fused-ring (bicyclic) bond motifs is 2. The summed E-state index contributed by atoms with van der Waals surface area (Å²) in [5, 5.41) is 2.91. The van der Waals surface area contributed by atoms with Crippen LogP contribution in [0.25, 0.3) is 0 Å². The maximum atomic E-state index is 13.0. The summed E-state index contributed by atoms with van der Waals surface area (Å²) in [6.07, 6.45) is -0.638. The van der Waals surface area contributed by atoms with E-state index in [2.05, 4.69) is 10.2 Å². The lowest BCUT2D eigenvalue weighted by molar-refractivity contribution is -0.112. The normalized spacial score (nSPS) is 27.9. The zero-order valence-corrected chi connectivity index (χ0v) is 25.0. The van der Waals surface area contributed by atoms with E-state index >= 15 is 0 Å². The minimum absolute atomic E-state index is 0.202. The fourth-order valence-corrected chi connectivity index (χ4v) is 5.04. The molecular formula is C29H44N4O8. The molecule has 0 saturated heterocycles. The molecule has 5 N–H and O–H groups in total. The fourth-order valence-electron chi connectivity index (χ4n) is 5.04. The Kier molecular flexibility index (Phi) is 13.1. The lowest BCUT2D eigenvalue weighted by atomic mass is 9.93. The van der Waals surface area contributed by atoms with Gasteiger partial charge in [-0.1, -0.05) is 19.1 Å². The van der Waals surface area contributed by atoms with Crippen LogP contribution in [0, 0.1) is 5.92 Å². The van der Waals surface area contributed by atoms with Crippen molar-refractivity contribution in [3.05, 3.63) is 47.1 Å². The van der Waals surface area contributed by atoms with Crippen molar-refractivity contribution < 1.29 is 38.1 Å². The van der Waals surface area contributed by atoms with Crippen molar-refractivity contribution in [2.24, 2.45) is 17.4 Å². The highest BCUT2D eigenvalue weighted by Gasteiger charge is 2.32. The first-order valence-electron chi connectivity index (χ1n) is 13.4. The van der Waals surface area contributed by atoms with Gasteiger partial charge < -0.3 is 40.5 Å². The van der Waals surface area contributed by atoms with Gasteiger partial charge in [0.25, 0.3) is 5.91 Å². The molecule has 2 rings (SSSR count). The molecule has 0 aliphatic carbocycles. The number of allylic oxidation sites excluding steroid dienone is 1. The predicted octanol–water partition coefficient (Wildman–Crippen LogP) is 3.35. The van der Waals surface area contributed by atoms with Crippen molar-refractivity contribution in [2.45, 2.75) is 64.6 Å². The standard InChI is InChI=1S/C29H44N4O8/c1-17-9-8-10-23(40-28(30)35)26(41-29(31)36)19(3)11-18(2)25(39-7)24(38-6)16-33(4)15-20-12-21(32-27(17)34)14-22(13-20)37-5/h9,11-14,18,23-26H,8,10,15-16H2,1-7H3,(H2,30,35)(H2,31,36)(H,32,34)/b17-9-,19-11+. The number of nitrogens with zero attached hydrogens (tertiary/aromatic N) is 1. The lowest BCUT2D eigenvalue weighted by Crippen LogP contribution is -2.43. The number of nitrogens with two attached hydrogens (primary N) is 2. The topological polar surface area (TPSA) is 165 Å². The van der Waals surface area contributed by atoms with Gasteiger partial charge in [0.2, 0.25) is 0 Å². The molecule has 1 aliphatic heterocycles. The molecule has 0 fully saturated rings. The van der Waals surface area contributed by atoms with Crippen molar-refractivity contribution in [1.29, 1.82) is 0 Å². The van der Waals surface area contributed by atoms with Crippen LogP contribution in [-0.2, 0) is 30.3 Å².